The summed E-state index contributed by atoms with van der Waals surface area (Å²) in [5.41, 5.74) is 14.3. The lowest BCUT2D eigenvalue weighted by Crippen LogP contribution is -2.24. The van der Waals surface area contributed by atoms with Crippen LogP contribution in [0.2, 0.25) is 0 Å². The molecule has 0 fully saturated rings. The molecule has 0 aliphatic heterocycles. The van der Waals surface area contributed by atoms with Gasteiger partial charge in [0.1, 0.15) is 0 Å². The first-order valence-electron chi connectivity index (χ1n) is 2.12. The molecule has 0 aliphatic carbocycles. The van der Waals surface area contributed by atoms with Gasteiger partial charge < -0.3 is 22.0 Å². The van der Waals surface area contributed by atoms with Crippen molar-refractivity contribution in [3.63, 3.8) is 0 Å². The maximum absolute atomic E-state index is 9.93. The molecule has 0 aromatic carbocycles. The molecule has 0 rings (SSSR count). The van der Waals surface area contributed by atoms with Gasteiger partial charge in [-0.2, -0.15) is 0 Å². The quantitative estimate of drug-likeness (QED) is 0.227. The molecule has 0 saturated heterocycles. The predicted molar refractivity (Wildman–Crippen MR) is 31.0 cm³/mol. The summed E-state index contributed by atoms with van der Waals surface area (Å²) in [5.74, 6) is -0.865. The Bertz CT molecular complexity index is 128. The van der Waals surface area contributed by atoms with Gasteiger partial charge in [0, 0.05) is 0 Å². The Morgan fingerprint density at radius 1 is 1.44 bits per heavy atom. The van der Waals surface area contributed by atoms with Gasteiger partial charge in [-0.3, -0.25) is 4.79 Å². The summed E-state index contributed by atoms with van der Waals surface area (Å²) in [6, 6.07) is 0. The Morgan fingerprint density at radius 2 is 2.00 bits per heavy atom. The third-order valence-corrected chi connectivity index (χ3v) is 0.377. The monoisotopic (exact) mass is 132 g/mol. The average Bonchev–Trinajstić information content (AvgIpc) is 1.63. The molecular weight excluding hydrogens is 124 g/mol. The molecule has 0 atom stereocenters. The fourth-order valence-corrected chi connectivity index (χ4v) is 0.170. The molecule has 0 aromatic rings. The van der Waals surface area contributed by atoms with Gasteiger partial charge in [-0.15, -0.1) is 0 Å². The number of nitrogens with zero attached hydrogens (tertiary/aromatic N) is 1. The SMILES string of the molecule is NC(=O)CON=C(N)N. The van der Waals surface area contributed by atoms with Crippen LogP contribution in [-0.2, 0) is 9.63 Å². The molecular formula is C3H8N4O2. The highest BCUT2D eigenvalue weighted by molar-refractivity contribution is 5.76. The Labute approximate surface area is 51.6 Å². The Morgan fingerprint density at radius 3 is 2.33 bits per heavy atom. The first-order valence-corrected chi connectivity index (χ1v) is 2.12. The zero-order valence-corrected chi connectivity index (χ0v) is 4.70. The molecule has 0 aliphatic rings. The van der Waals surface area contributed by atoms with E-state index in [9.17, 15) is 4.79 Å². The summed E-state index contributed by atoms with van der Waals surface area (Å²) < 4.78 is 0. The van der Waals surface area contributed by atoms with E-state index in [1.54, 1.807) is 0 Å². The number of guanidine groups is 1. The zero-order valence-electron chi connectivity index (χ0n) is 4.70. The largest absolute Gasteiger partial charge is 0.383 e. The summed E-state index contributed by atoms with van der Waals surface area (Å²) in [7, 11) is 0. The third kappa shape index (κ3) is 6.54. The minimum absolute atomic E-state index is 0.240. The number of amides is 1. The van der Waals surface area contributed by atoms with Crippen molar-refractivity contribution in [2.75, 3.05) is 6.61 Å². The van der Waals surface area contributed by atoms with Crippen LogP contribution in [0.15, 0.2) is 5.16 Å². The summed E-state index contributed by atoms with van der Waals surface area (Å²) in [6.45, 7) is -0.308. The van der Waals surface area contributed by atoms with Crippen LogP contribution in [-0.4, -0.2) is 18.5 Å². The predicted octanol–water partition coefficient (Wildman–Crippen LogP) is -2.32. The third-order valence-electron chi connectivity index (χ3n) is 0.377. The summed E-state index contributed by atoms with van der Waals surface area (Å²) in [4.78, 5) is 14.1. The van der Waals surface area contributed by atoms with Crippen LogP contribution in [0.25, 0.3) is 0 Å². The molecule has 6 nitrogen and oxygen atoms in total. The molecule has 0 bridgehead atoms. The minimum Gasteiger partial charge on any atom is -0.383 e. The topological polar surface area (TPSA) is 117 Å². The molecule has 52 valence electrons. The lowest BCUT2D eigenvalue weighted by atomic mass is 10.7. The molecule has 0 radical (unpaired) electrons. The zero-order chi connectivity index (χ0) is 7.28. The van der Waals surface area contributed by atoms with Crippen LogP contribution >= 0.6 is 0 Å². The van der Waals surface area contributed by atoms with Crippen LogP contribution in [0.4, 0.5) is 0 Å². The van der Waals surface area contributed by atoms with Gasteiger partial charge in [0.25, 0.3) is 5.91 Å². The standard InChI is InChI=1S/C3H8N4O2/c4-2(8)1-9-7-3(5)6/h1H2,(H2,4,8)(H4,5,6,7). The number of hydrogen-bond acceptors (Lipinski definition) is 3. The first-order chi connectivity index (χ1) is 4.13. The Kier molecular flexibility index (Phi) is 2.96. The van der Waals surface area contributed by atoms with Crippen LogP contribution in [0.3, 0.4) is 0 Å². The van der Waals surface area contributed by atoms with E-state index < -0.39 is 5.91 Å². The van der Waals surface area contributed by atoms with Crippen molar-refractivity contribution >= 4 is 11.9 Å². The lowest BCUT2D eigenvalue weighted by Gasteiger charge is -1.92. The summed E-state index contributed by atoms with van der Waals surface area (Å²) in [6.07, 6.45) is 0. The van der Waals surface area contributed by atoms with Crippen molar-refractivity contribution in [1.82, 2.24) is 0 Å². The second kappa shape index (κ2) is 3.53. The van der Waals surface area contributed by atoms with E-state index >= 15 is 0 Å². The highest BCUT2D eigenvalue weighted by atomic mass is 16.6. The first kappa shape index (κ1) is 7.54. The summed E-state index contributed by atoms with van der Waals surface area (Å²) >= 11 is 0. The van der Waals surface area contributed by atoms with Gasteiger partial charge in [-0.05, 0) is 5.16 Å². The van der Waals surface area contributed by atoms with Crippen LogP contribution in [0.5, 0.6) is 0 Å². The van der Waals surface area contributed by atoms with Crippen molar-refractivity contribution in [3.05, 3.63) is 0 Å². The average molecular weight is 132 g/mol. The number of oxime groups is 1. The Hall–Kier alpha value is -1.46. The molecule has 9 heavy (non-hydrogen) atoms. The van der Waals surface area contributed by atoms with E-state index in [4.69, 9.17) is 11.5 Å². The van der Waals surface area contributed by atoms with Crippen molar-refractivity contribution in [1.29, 1.82) is 0 Å². The molecule has 0 aromatic heterocycles. The number of rotatable bonds is 3. The second-order valence-electron chi connectivity index (χ2n) is 1.26. The number of primary amides is 1. The van der Waals surface area contributed by atoms with Gasteiger partial charge in [0.05, 0.1) is 0 Å². The van der Waals surface area contributed by atoms with Crippen molar-refractivity contribution in [2.24, 2.45) is 22.4 Å². The maximum atomic E-state index is 9.93. The molecule has 0 heterocycles. The Balaban J connectivity index is 3.31. The van der Waals surface area contributed by atoms with Gasteiger partial charge in [-0.25, -0.2) is 0 Å². The molecule has 6 heteroatoms. The van der Waals surface area contributed by atoms with Gasteiger partial charge in [0.15, 0.2) is 6.61 Å². The molecule has 1 amide bonds. The highest BCUT2D eigenvalue weighted by Gasteiger charge is 1.90. The fraction of sp³-hybridized carbons (Fsp3) is 0.333. The van der Waals surface area contributed by atoms with E-state index in [2.05, 4.69) is 15.7 Å². The smallest absolute Gasteiger partial charge is 0.258 e. The maximum Gasteiger partial charge on any atom is 0.258 e. The van der Waals surface area contributed by atoms with Crippen molar-refractivity contribution in [2.45, 2.75) is 0 Å². The highest BCUT2D eigenvalue weighted by Crippen LogP contribution is 1.70. The number of nitrogens with two attached hydrogens (primary N) is 3. The van der Waals surface area contributed by atoms with Crippen LogP contribution < -0.4 is 17.2 Å². The summed E-state index contributed by atoms with van der Waals surface area (Å²) in [5, 5.41) is 3.04. The van der Waals surface area contributed by atoms with E-state index in [0.717, 1.165) is 0 Å². The molecule has 0 spiro atoms. The van der Waals surface area contributed by atoms with Gasteiger partial charge in [-0.1, -0.05) is 0 Å². The number of carbonyl (C=O) groups is 1. The second-order valence-corrected chi connectivity index (χ2v) is 1.26. The van der Waals surface area contributed by atoms with Crippen LogP contribution in [0.1, 0.15) is 0 Å². The van der Waals surface area contributed by atoms with Gasteiger partial charge >= 0.3 is 0 Å². The van der Waals surface area contributed by atoms with Crippen LogP contribution in [0, 0.1) is 0 Å². The van der Waals surface area contributed by atoms with E-state index in [-0.39, 0.29) is 12.6 Å². The number of hydrogen-bond donors (Lipinski definition) is 3. The normalized spacial score (nSPS) is 8.00. The minimum atomic E-state index is -0.625. The fourth-order valence-electron chi connectivity index (χ4n) is 0.170. The number of carbonyl (C=O) groups excluding carboxylic acids is 1. The van der Waals surface area contributed by atoms with E-state index in [1.807, 2.05) is 0 Å². The molecule has 0 saturated carbocycles. The van der Waals surface area contributed by atoms with E-state index in [0.29, 0.717) is 0 Å². The van der Waals surface area contributed by atoms with Crippen molar-refractivity contribution < 1.29 is 9.63 Å². The molecule has 6 N–H and O–H groups in total. The van der Waals surface area contributed by atoms with E-state index in [1.165, 1.54) is 0 Å². The molecule has 0 unspecified atom stereocenters. The van der Waals surface area contributed by atoms with Gasteiger partial charge in [0.2, 0.25) is 5.96 Å². The lowest BCUT2D eigenvalue weighted by molar-refractivity contribution is -0.122. The van der Waals surface area contributed by atoms with Crippen molar-refractivity contribution in [3.8, 4) is 0 Å².